The molecule has 0 rings (SSSR count). The first-order chi connectivity index (χ1) is 10.8. The number of esters is 1. The average molecular weight is 331 g/mol. The fourth-order valence-corrected chi connectivity index (χ4v) is 1.74. The molecular weight excluding hydrogens is 302 g/mol. The van der Waals surface area contributed by atoms with Crippen molar-refractivity contribution >= 4 is 17.7 Å². The molecule has 0 saturated heterocycles. The van der Waals surface area contributed by atoms with E-state index in [1.165, 1.54) is 7.11 Å². The van der Waals surface area contributed by atoms with E-state index in [0.29, 0.717) is 0 Å². The van der Waals surface area contributed by atoms with Gasteiger partial charge in [-0.05, 0) is 34.1 Å². The lowest BCUT2D eigenvalue weighted by Crippen LogP contribution is -2.35. The molecule has 0 aromatic rings. The van der Waals surface area contributed by atoms with Gasteiger partial charge in [0.05, 0.1) is 19.3 Å². The lowest BCUT2D eigenvalue weighted by molar-refractivity contribution is -0.141. The molecule has 23 heavy (non-hydrogen) atoms. The van der Waals surface area contributed by atoms with E-state index in [1.54, 1.807) is 0 Å². The second-order valence-electron chi connectivity index (χ2n) is 5.82. The molecule has 0 radical (unpaired) electrons. The predicted octanol–water partition coefficient (Wildman–Crippen LogP) is 1.44. The summed E-state index contributed by atoms with van der Waals surface area (Å²) in [7, 11) is 1.29. The molecule has 0 aliphatic rings. The van der Waals surface area contributed by atoms with E-state index in [4.69, 9.17) is 9.47 Å². The third-order valence-corrected chi connectivity index (χ3v) is 3.01. The maximum Gasteiger partial charge on any atom is 0.305 e. The number of Topliss-reactive ketones (excluding diaryl/α,β-unsaturated/α-hetero) is 1. The van der Waals surface area contributed by atoms with Crippen molar-refractivity contribution in [3.05, 3.63) is 0 Å². The van der Waals surface area contributed by atoms with Gasteiger partial charge in [-0.25, -0.2) is 0 Å². The van der Waals surface area contributed by atoms with Crippen LogP contribution in [-0.2, 0) is 28.6 Å². The number of hydrogen-bond donors (Lipinski definition) is 1. The van der Waals surface area contributed by atoms with Gasteiger partial charge in [-0.2, -0.15) is 0 Å². The maximum atomic E-state index is 12.2. The summed E-state index contributed by atoms with van der Waals surface area (Å²) in [5.74, 6) is -1.50. The van der Waals surface area contributed by atoms with E-state index < -0.39 is 11.9 Å². The largest absolute Gasteiger partial charge is 0.469 e. The third-order valence-electron chi connectivity index (χ3n) is 3.01. The van der Waals surface area contributed by atoms with Crippen LogP contribution in [0.1, 0.15) is 47.0 Å². The number of ketones is 1. The number of rotatable bonds is 12. The second-order valence-corrected chi connectivity index (χ2v) is 5.82. The summed E-state index contributed by atoms with van der Waals surface area (Å²) in [4.78, 5) is 35.3. The molecule has 0 aromatic carbocycles. The monoisotopic (exact) mass is 331 g/mol. The summed E-state index contributed by atoms with van der Waals surface area (Å²) < 4.78 is 15.1. The molecule has 0 spiro atoms. The number of nitrogens with one attached hydrogen (secondary N) is 1. The van der Waals surface area contributed by atoms with Gasteiger partial charge in [0, 0.05) is 18.8 Å². The Kier molecular flexibility index (Phi) is 11.2. The van der Waals surface area contributed by atoms with Crippen LogP contribution in [0.3, 0.4) is 0 Å². The zero-order valence-electron chi connectivity index (χ0n) is 14.7. The summed E-state index contributed by atoms with van der Waals surface area (Å²) in [6.45, 7) is 7.40. The Morgan fingerprint density at radius 2 is 1.61 bits per heavy atom. The molecule has 1 amide bonds. The van der Waals surface area contributed by atoms with Crippen LogP contribution in [0.25, 0.3) is 0 Å². The van der Waals surface area contributed by atoms with E-state index in [-0.39, 0.29) is 56.5 Å². The Balaban J connectivity index is 4.50. The van der Waals surface area contributed by atoms with Crippen molar-refractivity contribution < 1.29 is 28.6 Å². The lowest BCUT2D eigenvalue weighted by atomic mass is 9.96. The molecule has 0 aliphatic heterocycles. The van der Waals surface area contributed by atoms with E-state index in [0.717, 1.165) is 0 Å². The van der Waals surface area contributed by atoms with E-state index in [1.807, 2.05) is 27.7 Å². The van der Waals surface area contributed by atoms with Crippen LogP contribution in [0.2, 0.25) is 0 Å². The summed E-state index contributed by atoms with van der Waals surface area (Å²) in [6, 6.07) is 0. The first-order valence-corrected chi connectivity index (χ1v) is 7.85. The summed E-state index contributed by atoms with van der Waals surface area (Å²) >= 11 is 0. The highest BCUT2D eigenvalue weighted by Crippen LogP contribution is 2.13. The van der Waals surface area contributed by atoms with Crippen LogP contribution in [0, 0.1) is 5.92 Å². The zero-order chi connectivity index (χ0) is 17.8. The van der Waals surface area contributed by atoms with Gasteiger partial charge in [-0.3, -0.25) is 14.4 Å². The molecule has 0 bridgehead atoms. The fourth-order valence-electron chi connectivity index (χ4n) is 1.74. The Bertz CT molecular complexity index is 381. The van der Waals surface area contributed by atoms with Gasteiger partial charge in [0.2, 0.25) is 5.91 Å². The molecule has 0 aliphatic carbocycles. The SMILES string of the molecule is COC(=O)CC[C@H](CC(=O)COC(C)C)C(=O)NCOC(C)C. The van der Waals surface area contributed by atoms with Crippen LogP contribution in [0.4, 0.5) is 0 Å². The van der Waals surface area contributed by atoms with Crippen molar-refractivity contribution in [2.45, 2.75) is 59.2 Å². The van der Waals surface area contributed by atoms with Crippen LogP contribution >= 0.6 is 0 Å². The lowest BCUT2D eigenvalue weighted by Gasteiger charge is -2.17. The molecule has 7 heteroatoms. The highest BCUT2D eigenvalue weighted by Gasteiger charge is 2.23. The Labute approximate surface area is 138 Å². The van der Waals surface area contributed by atoms with Crippen molar-refractivity contribution in [3.8, 4) is 0 Å². The molecule has 0 aromatic heterocycles. The van der Waals surface area contributed by atoms with Gasteiger partial charge in [0.25, 0.3) is 0 Å². The fraction of sp³-hybridized carbons (Fsp3) is 0.812. The topological polar surface area (TPSA) is 90.9 Å². The van der Waals surface area contributed by atoms with E-state index in [2.05, 4.69) is 10.1 Å². The molecule has 0 unspecified atom stereocenters. The highest BCUT2D eigenvalue weighted by molar-refractivity contribution is 5.87. The molecule has 0 heterocycles. The highest BCUT2D eigenvalue weighted by atomic mass is 16.5. The maximum absolute atomic E-state index is 12.2. The van der Waals surface area contributed by atoms with Crippen molar-refractivity contribution in [2.75, 3.05) is 20.4 Å². The van der Waals surface area contributed by atoms with Crippen LogP contribution < -0.4 is 5.32 Å². The molecule has 0 saturated carbocycles. The summed E-state index contributed by atoms with van der Waals surface area (Å²) in [5.41, 5.74) is 0. The normalized spacial score (nSPS) is 12.3. The minimum Gasteiger partial charge on any atom is -0.469 e. The molecule has 1 N–H and O–H groups in total. The Morgan fingerprint density at radius 1 is 1.00 bits per heavy atom. The molecule has 0 fully saturated rings. The number of methoxy groups -OCH3 is 1. The zero-order valence-corrected chi connectivity index (χ0v) is 14.7. The van der Waals surface area contributed by atoms with Crippen molar-refractivity contribution in [3.63, 3.8) is 0 Å². The van der Waals surface area contributed by atoms with Crippen LogP contribution in [-0.4, -0.2) is 50.3 Å². The number of carbonyl (C=O) groups excluding carboxylic acids is 3. The Morgan fingerprint density at radius 3 is 2.13 bits per heavy atom. The van der Waals surface area contributed by atoms with Crippen molar-refractivity contribution in [1.82, 2.24) is 5.32 Å². The number of ether oxygens (including phenoxy) is 3. The quantitative estimate of drug-likeness (QED) is 0.430. The smallest absolute Gasteiger partial charge is 0.305 e. The molecular formula is C16H29NO6. The van der Waals surface area contributed by atoms with Crippen LogP contribution in [0.5, 0.6) is 0 Å². The number of hydrogen-bond acceptors (Lipinski definition) is 6. The third kappa shape index (κ3) is 11.7. The second kappa shape index (κ2) is 12.0. The van der Waals surface area contributed by atoms with Gasteiger partial charge in [-0.1, -0.05) is 0 Å². The number of amides is 1. The Hall–Kier alpha value is -1.47. The van der Waals surface area contributed by atoms with E-state index in [9.17, 15) is 14.4 Å². The first kappa shape index (κ1) is 21.5. The summed E-state index contributed by atoms with van der Waals surface area (Å²) in [5, 5.41) is 2.62. The minimum atomic E-state index is -0.604. The van der Waals surface area contributed by atoms with E-state index >= 15 is 0 Å². The standard InChI is InChI=1S/C16H29NO6/c1-11(2)22-9-14(18)8-13(6-7-15(19)21-5)16(20)17-10-23-12(3)4/h11-13H,6-10H2,1-5H3,(H,17,20)/t13-/m1/s1. The molecule has 7 nitrogen and oxygen atoms in total. The summed E-state index contributed by atoms with van der Waals surface area (Å²) in [6.07, 6.45) is 0.286. The van der Waals surface area contributed by atoms with Crippen LogP contribution in [0.15, 0.2) is 0 Å². The van der Waals surface area contributed by atoms with Gasteiger partial charge in [0.15, 0.2) is 5.78 Å². The van der Waals surface area contributed by atoms with Crippen molar-refractivity contribution in [2.24, 2.45) is 5.92 Å². The van der Waals surface area contributed by atoms with Gasteiger partial charge < -0.3 is 19.5 Å². The van der Waals surface area contributed by atoms with Gasteiger partial charge in [0.1, 0.15) is 13.3 Å². The minimum absolute atomic E-state index is 0.00936. The molecule has 134 valence electrons. The molecule has 1 atom stereocenters. The number of carbonyl (C=O) groups is 3. The average Bonchev–Trinajstić information content (AvgIpc) is 2.48. The van der Waals surface area contributed by atoms with Gasteiger partial charge >= 0.3 is 5.97 Å². The van der Waals surface area contributed by atoms with Gasteiger partial charge in [-0.15, -0.1) is 0 Å². The first-order valence-electron chi connectivity index (χ1n) is 7.85. The predicted molar refractivity (Wildman–Crippen MR) is 84.7 cm³/mol. The van der Waals surface area contributed by atoms with Crippen molar-refractivity contribution in [1.29, 1.82) is 0 Å².